The van der Waals surface area contributed by atoms with Crippen LogP contribution in [0.2, 0.25) is 0 Å². The maximum Gasteiger partial charge on any atom is 0.255 e. The Bertz CT molecular complexity index is 590. The van der Waals surface area contributed by atoms with Crippen LogP contribution in [0.4, 0.5) is 0 Å². The zero-order valence-corrected chi connectivity index (χ0v) is 12.8. The van der Waals surface area contributed by atoms with Crippen LogP contribution in [-0.4, -0.2) is 10.9 Å². The summed E-state index contributed by atoms with van der Waals surface area (Å²) in [7, 11) is 0. The van der Waals surface area contributed by atoms with Crippen LogP contribution in [0.15, 0.2) is 35.0 Å². The summed E-state index contributed by atoms with van der Waals surface area (Å²) >= 11 is 0. The third-order valence-electron chi connectivity index (χ3n) is 3.52. The lowest BCUT2D eigenvalue weighted by molar-refractivity contribution is 0.0932. The lowest BCUT2D eigenvalue weighted by atomic mass is 10.0. The van der Waals surface area contributed by atoms with Crippen LogP contribution in [0.1, 0.15) is 59.7 Å². The summed E-state index contributed by atoms with van der Waals surface area (Å²) in [6, 6.07) is 5.67. The van der Waals surface area contributed by atoms with Gasteiger partial charge in [0.05, 0.1) is 11.6 Å². The highest BCUT2D eigenvalue weighted by molar-refractivity contribution is 5.95. The number of hydrogen-bond donors (Lipinski definition) is 1. The number of nitrogens with zero attached hydrogens (tertiary/aromatic N) is 1. The number of pyridine rings is 1. The fourth-order valence-electron chi connectivity index (χ4n) is 2.40. The van der Waals surface area contributed by atoms with Crippen molar-refractivity contribution in [1.82, 2.24) is 10.3 Å². The summed E-state index contributed by atoms with van der Waals surface area (Å²) in [6.07, 6.45) is 6.61. The molecule has 0 bridgehead atoms. The number of carbonyl (C=O) groups is 1. The Kier molecular flexibility index (Phi) is 5.14. The van der Waals surface area contributed by atoms with E-state index in [1.165, 1.54) is 0 Å². The van der Waals surface area contributed by atoms with Gasteiger partial charge in [0.15, 0.2) is 0 Å². The summed E-state index contributed by atoms with van der Waals surface area (Å²) in [4.78, 5) is 16.6. The molecule has 1 amide bonds. The van der Waals surface area contributed by atoms with E-state index < -0.39 is 0 Å². The summed E-state index contributed by atoms with van der Waals surface area (Å²) in [5, 5.41) is 3.10. The second-order valence-electron chi connectivity index (χ2n) is 5.28. The SMILES string of the molecule is CCCC[C@H](NC(=O)c1cc(C)oc1C)c1cccnc1. The van der Waals surface area contributed by atoms with Crippen molar-refractivity contribution >= 4 is 5.91 Å². The third kappa shape index (κ3) is 3.94. The lowest BCUT2D eigenvalue weighted by Gasteiger charge is -2.18. The Morgan fingerprint density at radius 1 is 1.43 bits per heavy atom. The van der Waals surface area contributed by atoms with Gasteiger partial charge >= 0.3 is 0 Å². The number of carbonyl (C=O) groups excluding carboxylic acids is 1. The van der Waals surface area contributed by atoms with Crippen molar-refractivity contribution in [1.29, 1.82) is 0 Å². The topological polar surface area (TPSA) is 55.1 Å². The zero-order chi connectivity index (χ0) is 15.2. The van der Waals surface area contributed by atoms with Crippen LogP contribution in [0, 0.1) is 13.8 Å². The molecule has 4 nitrogen and oxygen atoms in total. The molecule has 0 saturated heterocycles. The Hall–Kier alpha value is -2.10. The first-order valence-electron chi connectivity index (χ1n) is 7.39. The largest absolute Gasteiger partial charge is 0.466 e. The van der Waals surface area contributed by atoms with Gasteiger partial charge in [0.25, 0.3) is 5.91 Å². The number of nitrogens with one attached hydrogen (secondary N) is 1. The van der Waals surface area contributed by atoms with E-state index in [9.17, 15) is 4.79 Å². The lowest BCUT2D eigenvalue weighted by Crippen LogP contribution is -2.28. The summed E-state index contributed by atoms with van der Waals surface area (Å²) < 4.78 is 5.43. The van der Waals surface area contributed by atoms with Gasteiger partial charge in [0.2, 0.25) is 0 Å². The zero-order valence-electron chi connectivity index (χ0n) is 12.8. The van der Waals surface area contributed by atoms with Crippen LogP contribution in [-0.2, 0) is 0 Å². The van der Waals surface area contributed by atoms with Crippen molar-refractivity contribution < 1.29 is 9.21 Å². The molecule has 2 rings (SSSR count). The van der Waals surface area contributed by atoms with Gasteiger partial charge in [-0.3, -0.25) is 9.78 Å². The molecule has 0 fully saturated rings. The third-order valence-corrected chi connectivity index (χ3v) is 3.52. The molecule has 0 radical (unpaired) electrons. The summed E-state index contributed by atoms with van der Waals surface area (Å²) in [5.74, 6) is 1.32. The number of aryl methyl sites for hydroxylation is 2. The average Bonchev–Trinajstić information content (AvgIpc) is 2.83. The number of unbranched alkanes of at least 4 members (excludes halogenated alkanes) is 1. The molecule has 2 heterocycles. The van der Waals surface area contributed by atoms with Crippen molar-refractivity contribution in [3.05, 3.63) is 53.2 Å². The number of rotatable bonds is 6. The van der Waals surface area contributed by atoms with E-state index in [1.807, 2.05) is 32.2 Å². The van der Waals surface area contributed by atoms with Crippen LogP contribution in [0.5, 0.6) is 0 Å². The Balaban J connectivity index is 2.15. The van der Waals surface area contributed by atoms with E-state index in [4.69, 9.17) is 4.42 Å². The van der Waals surface area contributed by atoms with Crippen LogP contribution in [0.25, 0.3) is 0 Å². The molecule has 112 valence electrons. The highest BCUT2D eigenvalue weighted by atomic mass is 16.3. The predicted molar refractivity (Wildman–Crippen MR) is 82.2 cm³/mol. The van der Waals surface area contributed by atoms with Gasteiger partial charge < -0.3 is 9.73 Å². The summed E-state index contributed by atoms with van der Waals surface area (Å²) in [6.45, 7) is 5.80. The van der Waals surface area contributed by atoms with E-state index in [0.717, 1.165) is 30.6 Å². The van der Waals surface area contributed by atoms with Crippen LogP contribution >= 0.6 is 0 Å². The highest BCUT2D eigenvalue weighted by Gasteiger charge is 2.19. The minimum Gasteiger partial charge on any atom is -0.466 e. The van der Waals surface area contributed by atoms with Crippen molar-refractivity contribution in [2.45, 2.75) is 46.1 Å². The molecule has 4 heteroatoms. The molecule has 0 aromatic carbocycles. The van der Waals surface area contributed by atoms with E-state index >= 15 is 0 Å². The van der Waals surface area contributed by atoms with Crippen LogP contribution in [0.3, 0.4) is 0 Å². The quantitative estimate of drug-likeness (QED) is 0.874. The molecule has 21 heavy (non-hydrogen) atoms. The number of furan rings is 1. The van der Waals surface area contributed by atoms with Gasteiger partial charge in [-0.15, -0.1) is 0 Å². The molecule has 0 spiro atoms. The average molecular weight is 286 g/mol. The maximum absolute atomic E-state index is 12.4. The molecule has 2 aromatic heterocycles. The molecular weight excluding hydrogens is 264 g/mol. The molecule has 1 N–H and O–H groups in total. The summed E-state index contributed by atoms with van der Waals surface area (Å²) in [5.41, 5.74) is 1.65. The molecule has 0 unspecified atom stereocenters. The van der Waals surface area contributed by atoms with E-state index in [2.05, 4.69) is 17.2 Å². The monoisotopic (exact) mass is 286 g/mol. The van der Waals surface area contributed by atoms with E-state index in [-0.39, 0.29) is 11.9 Å². The van der Waals surface area contributed by atoms with E-state index in [0.29, 0.717) is 11.3 Å². The molecular formula is C17H22N2O2. The van der Waals surface area contributed by atoms with E-state index in [1.54, 1.807) is 12.3 Å². The minimum atomic E-state index is -0.0886. The second kappa shape index (κ2) is 7.07. The second-order valence-corrected chi connectivity index (χ2v) is 5.28. The molecule has 1 atom stereocenters. The molecule has 0 aliphatic rings. The highest BCUT2D eigenvalue weighted by Crippen LogP contribution is 2.21. The fraction of sp³-hybridized carbons (Fsp3) is 0.412. The van der Waals surface area contributed by atoms with Crippen molar-refractivity contribution in [2.75, 3.05) is 0 Å². The molecule has 0 aliphatic heterocycles. The minimum absolute atomic E-state index is 0.0132. The Morgan fingerprint density at radius 3 is 2.81 bits per heavy atom. The van der Waals surface area contributed by atoms with Gasteiger partial charge in [-0.1, -0.05) is 25.8 Å². The van der Waals surface area contributed by atoms with Gasteiger partial charge in [0.1, 0.15) is 11.5 Å². The molecule has 0 aliphatic carbocycles. The number of hydrogen-bond acceptors (Lipinski definition) is 3. The smallest absolute Gasteiger partial charge is 0.255 e. The Labute approximate surface area is 125 Å². The predicted octanol–water partition coefficient (Wildman–Crippen LogP) is 3.95. The first-order valence-corrected chi connectivity index (χ1v) is 7.39. The Morgan fingerprint density at radius 2 is 2.24 bits per heavy atom. The van der Waals surface area contributed by atoms with Crippen LogP contribution < -0.4 is 5.32 Å². The number of aromatic nitrogens is 1. The van der Waals surface area contributed by atoms with Crippen molar-refractivity contribution in [2.24, 2.45) is 0 Å². The van der Waals surface area contributed by atoms with Gasteiger partial charge in [-0.05, 0) is 38.0 Å². The first-order chi connectivity index (χ1) is 10.1. The standard InChI is InChI=1S/C17H22N2O2/c1-4-5-8-16(14-7-6-9-18-11-14)19-17(20)15-10-12(2)21-13(15)3/h6-7,9-11,16H,4-5,8H2,1-3H3,(H,19,20)/t16-/m0/s1. The normalized spacial score (nSPS) is 12.1. The van der Waals surface area contributed by atoms with Crippen molar-refractivity contribution in [3.63, 3.8) is 0 Å². The molecule has 0 saturated carbocycles. The molecule has 2 aromatic rings. The van der Waals surface area contributed by atoms with Gasteiger partial charge in [0, 0.05) is 12.4 Å². The fourth-order valence-corrected chi connectivity index (χ4v) is 2.40. The number of amides is 1. The maximum atomic E-state index is 12.4. The first kappa shape index (κ1) is 15.3. The van der Waals surface area contributed by atoms with Gasteiger partial charge in [-0.2, -0.15) is 0 Å². The van der Waals surface area contributed by atoms with Gasteiger partial charge in [-0.25, -0.2) is 0 Å². The van der Waals surface area contributed by atoms with Crippen molar-refractivity contribution in [3.8, 4) is 0 Å².